The van der Waals surface area contributed by atoms with E-state index in [0.29, 0.717) is 34.5 Å². The van der Waals surface area contributed by atoms with E-state index in [1.807, 2.05) is 49.4 Å². The maximum Gasteiger partial charge on any atom is 0.153 e. The fraction of sp³-hybridized carbons (Fsp3) is 0.103. The van der Waals surface area contributed by atoms with E-state index in [1.54, 1.807) is 24.4 Å². The second-order valence-corrected chi connectivity index (χ2v) is 8.45. The number of hydrogen-bond acceptors (Lipinski definition) is 6. The summed E-state index contributed by atoms with van der Waals surface area (Å²) in [6.45, 7) is 2.35. The van der Waals surface area contributed by atoms with Gasteiger partial charge in [0, 0.05) is 29.6 Å². The highest BCUT2D eigenvalue weighted by molar-refractivity contribution is 6.32. The van der Waals surface area contributed by atoms with Gasteiger partial charge < -0.3 is 9.47 Å². The third kappa shape index (κ3) is 5.60. The highest BCUT2D eigenvalue weighted by Crippen LogP contribution is 2.34. The van der Waals surface area contributed by atoms with E-state index in [9.17, 15) is 9.59 Å². The Kier molecular flexibility index (Phi) is 7.74. The molecule has 36 heavy (non-hydrogen) atoms. The van der Waals surface area contributed by atoms with Crippen LogP contribution in [0.4, 0.5) is 0 Å². The van der Waals surface area contributed by atoms with Gasteiger partial charge in [0.1, 0.15) is 37.1 Å². The van der Waals surface area contributed by atoms with Gasteiger partial charge in [0.15, 0.2) is 6.29 Å². The first-order chi connectivity index (χ1) is 17.5. The number of rotatable bonds is 9. The largest absolute Gasteiger partial charge is 0.488 e. The molecule has 0 amide bonds. The molecule has 0 saturated heterocycles. The Balaban J connectivity index is 1.55. The topological polar surface area (TPSA) is 89.3 Å². The molecule has 0 aliphatic heterocycles. The lowest BCUT2D eigenvalue weighted by molar-refractivity contribution is 0.111. The second kappa shape index (κ2) is 11.3. The van der Waals surface area contributed by atoms with Crippen molar-refractivity contribution in [2.75, 3.05) is 0 Å². The van der Waals surface area contributed by atoms with Crippen molar-refractivity contribution in [3.8, 4) is 28.7 Å². The van der Waals surface area contributed by atoms with E-state index in [0.717, 1.165) is 28.5 Å². The average molecular weight is 497 g/mol. The molecule has 0 radical (unpaired) electrons. The van der Waals surface area contributed by atoms with Crippen LogP contribution in [0.5, 0.6) is 11.5 Å². The molecular weight excluding hydrogens is 476 g/mol. The lowest BCUT2D eigenvalue weighted by atomic mass is 9.96. The number of nitriles is 1. The molecule has 178 valence electrons. The molecular formula is C29H21ClN2O4. The number of nitrogens with zero attached hydrogens (tertiary/aromatic N) is 2. The van der Waals surface area contributed by atoms with Crippen LogP contribution >= 0.6 is 11.6 Å². The zero-order valence-electron chi connectivity index (χ0n) is 19.4. The molecule has 0 atom stereocenters. The quantitative estimate of drug-likeness (QED) is 0.250. The monoisotopic (exact) mass is 496 g/mol. The standard InChI is InChI=1S/C29H21ClN2O4/c1-19-24(6-3-7-26(19)23-5-2-4-20(9-23)15-33)18-36-29-11-28(25(16-34)10-27(29)30)35-17-22-8-21(12-31)13-32-14-22/h2-11,13-16H,17-18H2,1H3. The smallest absolute Gasteiger partial charge is 0.153 e. The maximum absolute atomic E-state index is 11.6. The summed E-state index contributed by atoms with van der Waals surface area (Å²) in [7, 11) is 0. The lowest BCUT2D eigenvalue weighted by Crippen LogP contribution is -2.03. The molecule has 7 heteroatoms. The van der Waals surface area contributed by atoms with Crippen molar-refractivity contribution >= 4 is 24.2 Å². The molecule has 0 aliphatic rings. The fourth-order valence-electron chi connectivity index (χ4n) is 3.75. The van der Waals surface area contributed by atoms with Crippen molar-refractivity contribution in [2.24, 2.45) is 0 Å². The predicted octanol–water partition coefficient (Wildman–Crippen LogP) is 6.37. The normalized spacial score (nSPS) is 10.4. The molecule has 4 rings (SSSR count). The van der Waals surface area contributed by atoms with Gasteiger partial charge in [-0.05, 0) is 47.4 Å². The van der Waals surface area contributed by atoms with E-state index in [-0.39, 0.29) is 23.8 Å². The van der Waals surface area contributed by atoms with Crippen LogP contribution in [0, 0.1) is 18.3 Å². The molecule has 3 aromatic carbocycles. The van der Waals surface area contributed by atoms with Gasteiger partial charge in [-0.2, -0.15) is 5.26 Å². The summed E-state index contributed by atoms with van der Waals surface area (Å²) < 4.78 is 11.9. The number of ether oxygens (including phenoxy) is 2. The third-order valence-corrected chi connectivity index (χ3v) is 5.97. The van der Waals surface area contributed by atoms with Crippen LogP contribution in [0.3, 0.4) is 0 Å². The van der Waals surface area contributed by atoms with Gasteiger partial charge in [-0.15, -0.1) is 0 Å². The van der Waals surface area contributed by atoms with E-state index in [4.69, 9.17) is 26.3 Å². The number of carbonyl (C=O) groups excluding carboxylic acids is 2. The highest BCUT2D eigenvalue weighted by Gasteiger charge is 2.13. The Morgan fingerprint density at radius 1 is 0.944 bits per heavy atom. The zero-order chi connectivity index (χ0) is 25.5. The fourth-order valence-corrected chi connectivity index (χ4v) is 3.98. The summed E-state index contributed by atoms with van der Waals surface area (Å²) in [6.07, 6.45) is 4.54. The SMILES string of the molecule is Cc1c(COc2cc(OCc3cncc(C#N)c3)c(C=O)cc2Cl)cccc1-c1cccc(C=O)c1. The van der Waals surface area contributed by atoms with Gasteiger partial charge in [-0.25, -0.2) is 0 Å². The van der Waals surface area contributed by atoms with E-state index in [2.05, 4.69) is 4.98 Å². The first kappa shape index (κ1) is 24.6. The Morgan fingerprint density at radius 3 is 2.53 bits per heavy atom. The van der Waals surface area contributed by atoms with Crippen LogP contribution in [0.25, 0.3) is 11.1 Å². The van der Waals surface area contributed by atoms with E-state index < -0.39 is 0 Å². The zero-order valence-corrected chi connectivity index (χ0v) is 20.2. The van der Waals surface area contributed by atoms with Crippen molar-refractivity contribution < 1.29 is 19.1 Å². The van der Waals surface area contributed by atoms with Crippen LogP contribution in [0.1, 0.15) is 43.0 Å². The molecule has 4 aromatic rings. The molecule has 1 aromatic heterocycles. The van der Waals surface area contributed by atoms with Gasteiger partial charge in [0.25, 0.3) is 0 Å². The van der Waals surface area contributed by atoms with Crippen molar-refractivity contribution in [1.29, 1.82) is 5.26 Å². The van der Waals surface area contributed by atoms with E-state index >= 15 is 0 Å². The number of aldehydes is 2. The molecule has 0 spiro atoms. The molecule has 0 fully saturated rings. The number of benzene rings is 3. The molecule has 0 N–H and O–H groups in total. The molecule has 0 saturated carbocycles. The van der Waals surface area contributed by atoms with E-state index in [1.165, 1.54) is 12.3 Å². The van der Waals surface area contributed by atoms with Crippen molar-refractivity contribution in [3.63, 3.8) is 0 Å². The van der Waals surface area contributed by atoms with Gasteiger partial charge in [0.05, 0.1) is 16.1 Å². The van der Waals surface area contributed by atoms with Crippen molar-refractivity contribution in [2.45, 2.75) is 20.1 Å². The molecule has 0 bridgehead atoms. The van der Waals surface area contributed by atoms with Gasteiger partial charge in [0.2, 0.25) is 0 Å². The summed E-state index contributed by atoms with van der Waals surface area (Å²) in [4.78, 5) is 26.8. The molecule has 0 aliphatic carbocycles. The Labute approximate surface area is 213 Å². The maximum atomic E-state index is 11.6. The number of aromatic nitrogens is 1. The first-order valence-corrected chi connectivity index (χ1v) is 11.4. The summed E-state index contributed by atoms with van der Waals surface area (Å²) in [6, 6.07) is 20.1. The number of pyridine rings is 1. The second-order valence-electron chi connectivity index (χ2n) is 8.04. The van der Waals surface area contributed by atoms with Gasteiger partial charge in [-0.1, -0.05) is 48.0 Å². The minimum Gasteiger partial charge on any atom is -0.488 e. The van der Waals surface area contributed by atoms with Crippen LogP contribution in [-0.4, -0.2) is 17.6 Å². The van der Waals surface area contributed by atoms with Crippen molar-refractivity contribution in [3.05, 3.63) is 111 Å². The van der Waals surface area contributed by atoms with Crippen LogP contribution in [0.2, 0.25) is 5.02 Å². The number of halogens is 1. The van der Waals surface area contributed by atoms with Gasteiger partial charge >= 0.3 is 0 Å². The summed E-state index contributed by atoms with van der Waals surface area (Å²) in [5.74, 6) is 0.678. The number of carbonyl (C=O) groups is 2. The van der Waals surface area contributed by atoms with Crippen LogP contribution in [-0.2, 0) is 13.2 Å². The lowest BCUT2D eigenvalue weighted by Gasteiger charge is -2.15. The Morgan fingerprint density at radius 2 is 1.75 bits per heavy atom. The summed E-state index contributed by atoms with van der Waals surface area (Å²) >= 11 is 6.38. The summed E-state index contributed by atoms with van der Waals surface area (Å²) in [5, 5.41) is 9.33. The minimum absolute atomic E-state index is 0.117. The summed E-state index contributed by atoms with van der Waals surface area (Å²) in [5.41, 5.74) is 5.90. The average Bonchev–Trinajstić information content (AvgIpc) is 2.92. The Hall–Kier alpha value is -4.47. The van der Waals surface area contributed by atoms with Crippen LogP contribution in [0.15, 0.2) is 73.1 Å². The molecule has 1 heterocycles. The highest BCUT2D eigenvalue weighted by atomic mass is 35.5. The molecule has 6 nitrogen and oxygen atoms in total. The first-order valence-electron chi connectivity index (χ1n) is 11.0. The third-order valence-electron chi connectivity index (χ3n) is 5.67. The van der Waals surface area contributed by atoms with Crippen LogP contribution < -0.4 is 9.47 Å². The molecule has 0 unspecified atom stereocenters. The van der Waals surface area contributed by atoms with Gasteiger partial charge in [-0.3, -0.25) is 14.6 Å². The predicted molar refractivity (Wildman–Crippen MR) is 136 cm³/mol. The Bertz CT molecular complexity index is 1480. The number of hydrogen-bond donors (Lipinski definition) is 0. The van der Waals surface area contributed by atoms with Crippen molar-refractivity contribution in [1.82, 2.24) is 4.98 Å². The minimum atomic E-state index is 0.117.